The first kappa shape index (κ1) is 19.8. The Morgan fingerprint density at radius 1 is 0.759 bits per heavy atom. The number of hydrogen-bond donors (Lipinski definition) is 2. The summed E-state index contributed by atoms with van der Waals surface area (Å²) in [5, 5.41) is 5.43. The molecule has 0 unspecified atom stereocenters. The summed E-state index contributed by atoms with van der Waals surface area (Å²) in [6, 6.07) is 18.2. The van der Waals surface area contributed by atoms with Gasteiger partial charge in [-0.05, 0) is 55.5 Å². The van der Waals surface area contributed by atoms with Crippen LogP contribution in [0.1, 0.15) is 36.9 Å². The highest BCUT2D eigenvalue weighted by molar-refractivity contribution is 6.06. The molecule has 0 aliphatic carbocycles. The molecule has 0 aliphatic heterocycles. The number of amides is 2. The average Bonchev–Trinajstić information content (AvgIpc) is 2.75. The number of rotatable bonds is 5. The predicted molar refractivity (Wildman–Crippen MR) is 109 cm³/mol. The summed E-state index contributed by atoms with van der Waals surface area (Å²) in [5.41, 5.74) is 2.80. The van der Waals surface area contributed by atoms with Crippen molar-refractivity contribution in [1.82, 2.24) is 4.98 Å². The van der Waals surface area contributed by atoms with Crippen molar-refractivity contribution >= 4 is 29.2 Å². The van der Waals surface area contributed by atoms with E-state index < -0.39 is 17.8 Å². The van der Waals surface area contributed by atoms with Gasteiger partial charge in [0.25, 0.3) is 11.8 Å². The van der Waals surface area contributed by atoms with Crippen LogP contribution in [0.2, 0.25) is 0 Å². The van der Waals surface area contributed by atoms with Gasteiger partial charge in [-0.3, -0.25) is 9.59 Å². The Hall–Kier alpha value is -4.00. The van der Waals surface area contributed by atoms with E-state index in [-0.39, 0.29) is 11.4 Å². The molecule has 0 bridgehead atoms. The van der Waals surface area contributed by atoms with Crippen molar-refractivity contribution in [3.05, 3.63) is 89.2 Å². The number of ether oxygens (including phenoxy) is 1. The maximum Gasteiger partial charge on any atom is 0.337 e. The van der Waals surface area contributed by atoms with Gasteiger partial charge in [0.05, 0.1) is 12.7 Å². The first-order chi connectivity index (χ1) is 14.0. The molecule has 2 aromatic carbocycles. The van der Waals surface area contributed by atoms with E-state index in [1.54, 1.807) is 42.5 Å². The Morgan fingerprint density at radius 3 is 1.72 bits per heavy atom. The molecule has 1 aromatic heterocycles. The highest BCUT2D eigenvalue weighted by atomic mass is 16.5. The Bertz CT molecular complexity index is 1040. The summed E-state index contributed by atoms with van der Waals surface area (Å²) in [6.07, 6.45) is 0. The minimum atomic E-state index is -0.471. The van der Waals surface area contributed by atoms with Gasteiger partial charge in [-0.15, -0.1) is 0 Å². The van der Waals surface area contributed by atoms with Gasteiger partial charge in [0, 0.05) is 11.4 Å². The molecule has 146 valence electrons. The maximum absolute atomic E-state index is 12.5. The molecule has 0 atom stereocenters. The lowest BCUT2D eigenvalue weighted by Gasteiger charge is -2.08. The standard InChI is InChI=1S/C22H19N3O4/c1-14-6-10-16(11-7-14)23-20(26)18-4-3-5-19(25-18)21(27)24-17-12-8-15(9-13-17)22(28)29-2/h3-13H,1-2H3,(H,23,26)(H,24,27). The van der Waals surface area contributed by atoms with E-state index in [0.717, 1.165) is 5.56 Å². The molecule has 0 aliphatic rings. The monoisotopic (exact) mass is 389 g/mol. The molecule has 2 N–H and O–H groups in total. The molecule has 1 heterocycles. The summed E-state index contributed by atoms with van der Waals surface area (Å²) in [7, 11) is 1.30. The summed E-state index contributed by atoms with van der Waals surface area (Å²) >= 11 is 0. The molecular formula is C22H19N3O4. The van der Waals surface area contributed by atoms with Crippen molar-refractivity contribution in [3.63, 3.8) is 0 Å². The molecule has 0 saturated heterocycles. The summed E-state index contributed by atoms with van der Waals surface area (Å²) in [6.45, 7) is 1.96. The molecule has 7 nitrogen and oxygen atoms in total. The predicted octanol–water partition coefficient (Wildman–Crippen LogP) is 3.68. The van der Waals surface area contributed by atoms with Crippen LogP contribution in [0, 0.1) is 6.92 Å². The summed E-state index contributed by atoms with van der Waals surface area (Å²) in [5.74, 6) is -1.34. The molecule has 0 saturated carbocycles. The molecular weight excluding hydrogens is 370 g/mol. The van der Waals surface area contributed by atoms with E-state index >= 15 is 0 Å². The van der Waals surface area contributed by atoms with Gasteiger partial charge >= 0.3 is 5.97 Å². The fourth-order valence-corrected chi connectivity index (χ4v) is 2.52. The molecule has 0 spiro atoms. The number of aryl methyl sites for hydroxylation is 1. The molecule has 2 amide bonds. The van der Waals surface area contributed by atoms with Crippen molar-refractivity contribution in [2.75, 3.05) is 17.7 Å². The zero-order chi connectivity index (χ0) is 20.8. The molecule has 7 heteroatoms. The van der Waals surface area contributed by atoms with Crippen molar-refractivity contribution in [3.8, 4) is 0 Å². The number of pyridine rings is 1. The van der Waals surface area contributed by atoms with Gasteiger partial charge in [-0.1, -0.05) is 23.8 Å². The Balaban J connectivity index is 1.69. The van der Waals surface area contributed by atoms with Gasteiger partial charge in [0.1, 0.15) is 11.4 Å². The first-order valence-electron chi connectivity index (χ1n) is 8.81. The van der Waals surface area contributed by atoms with Gasteiger partial charge in [0.2, 0.25) is 0 Å². The van der Waals surface area contributed by atoms with E-state index in [4.69, 9.17) is 0 Å². The highest BCUT2D eigenvalue weighted by Crippen LogP contribution is 2.13. The Kier molecular flexibility index (Phi) is 5.99. The smallest absolute Gasteiger partial charge is 0.337 e. The number of nitrogens with one attached hydrogen (secondary N) is 2. The van der Waals surface area contributed by atoms with E-state index in [2.05, 4.69) is 20.4 Å². The number of carbonyl (C=O) groups excluding carboxylic acids is 3. The van der Waals surface area contributed by atoms with Crippen LogP contribution in [-0.2, 0) is 4.74 Å². The van der Waals surface area contributed by atoms with Crippen LogP contribution in [0.3, 0.4) is 0 Å². The number of methoxy groups -OCH3 is 1. The molecule has 3 aromatic rings. The van der Waals surface area contributed by atoms with Crippen LogP contribution in [0.25, 0.3) is 0 Å². The second kappa shape index (κ2) is 8.79. The normalized spacial score (nSPS) is 10.1. The number of benzene rings is 2. The van der Waals surface area contributed by atoms with Crippen LogP contribution in [0.4, 0.5) is 11.4 Å². The minimum absolute atomic E-state index is 0.0959. The third-order valence-corrected chi connectivity index (χ3v) is 4.09. The van der Waals surface area contributed by atoms with Crippen LogP contribution < -0.4 is 10.6 Å². The second-order valence-corrected chi connectivity index (χ2v) is 6.25. The van der Waals surface area contributed by atoms with Crippen molar-refractivity contribution < 1.29 is 19.1 Å². The third kappa shape index (κ3) is 5.04. The van der Waals surface area contributed by atoms with Gasteiger partial charge in [0.15, 0.2) is 0 Å². The number of nitrogens with zero attached hydrogens (tertiary/aromatic N) is 1. The number of hydrogen-bond acceptors (Lipinski definition) is 5. The number of aromatic nitrogens is 1. The van der Waals surface area contributed by atoms with Crippen LogP contribution in [-0.4, -0.2) is 29.9 Å². The minimum Gasteiger partial charge on any atom is -0.465 e. The second-order valence-electron chi connectivity index (χ2n) is 6.25. The first-order valence-corrected chi connectivity index (χ1v) is 8.81. The molecule has 0 radical (unpaired) electrons. The van der Waals surface area contributed by atoms with E-state index in [9.17, 15) is 14.4 Å². The maximum atomic E-state index is 12.5. The van der Waals surface area contributed by atoms with Crippen molar-refractivity contribution in [1.29, 1.82) is 0 Å². The lowest BCUT2D eigenvalue weighted by Crippen LogP contribution is -2.18. The molecule has 29 heavy (non-hydrogen) atoms. The average molecular weight is 389 g/mol. The quantitative estimate of drug-likeness (QED) is 0.649. The molecule has 3 rings (SSSR count). The number of esters is 1. The fraction of sp³-hybridized carbons (Fsp3) is 0.0909. The van der Waals surface area contributed by atoms with Gasteiger partial charge < -0.3 is 15.4 Å². The van der Waals surface area contributed by atoms with Crippen LogP contribution in [0.5, 0.6) is 0 Å². The zero-order valence-corrected chi connectivity index (χ0v) is 15.9. The van der Waals surface area contributed by atoms with Crippen molar-refractivity contribution in [2.45, 2.75) is 6.92 Å². The summed E-state index contributed by atoms with van der Waals surface area (Å²) in [4.78, 5) is 40.5. The van der Waals surface area contributed by atoms with Gasteiger partial charge in [-0.25, -0.2) is 9.78 Å². The van der Waals surface area contributed by atoms with Gasteiger partial charge in [-0.2, -0.15) is 0 Å². The lowest BCUT2D eigenvalue weighted by atomic mass is 10.2. The fourth-order valence-electron chi connectivity index (χ4n) is 2.52. The van der Waals surface area contributed by atoms with E-state index in [1.807, 2.05) is 19.1 Å². The van der Waals surface area contributed by atoms with E-state index in [0.29, 0.717) is 16.9 Å². The molecule has 0 fully saturated rings. The lowest BCUT2D eigenvalue weighted by molar-refractivity contribution is 0.0600. The zero-order valence-electron chi connectivity index (χ0n) is 15.9. The summed E-state index contributed by atoms with van der Waals surface area (Å²) < 4.78 is 4.64. The topological polar surface area (TPSA) is 97.4 Å². The highest BCUT2D eigenvalue weighted by Gasteiger charge is 2.13. The van der Waals surface area contributed by atoms with Crippen LogP contribution in [0.15, 0.2) is 66.7 Å². The van der Waals surface area contributed by atoms with Crippen molar-refractivity contribution in [2.24, 2.45) is 0 Å². The largest absolute Gasteiger partial charge is 0.465 e. The van der Waals surface area contributed by atoms with Crippen LogP contribution >= 0.6 is 0 Å². The number of carbonyl (C=O) groups is 3. The SMILES string of the molecule is COC(=O)c1ccc(NC(=O)c2cccc(C(=O)Nc3ccc(C)cc3)n2)cc1. The third-order valence-electron chi connectivity index (χ3n) is 4.09. The Morgan fingerprint density at radius 2 is 1.24 bits per heavy atom. The number of anilines is 2. The Labute approximate surface area is 167 Å². The van der Waals surface area contributed by atoms with E-state index in [1.165, 1.54) is 19.2 Å².